The summed E-state index contributed by atoms with van der Waals surface area (Å²) in [5.74, 6) is 0.540. The standard InChI is InChI=1S/C17H22N2/c1-12(2)8-14-10-16(17(3,4)5)15(11-19)9-13(14)6-7-18/h9-10,12H,6,8H2,1-5H3. The minimum absolute atomic E-state index is 0.0536. The molecule has 0 radical (unpaired) electrons. The Labute approximate surface area is 116 Å². The molecule has 2 heteroatoms. The zero-order valence-corrected chi connectivity index (χ0v) is 12.5. The van der Waals surface area contributed by atoms with E-state index >= 15 is 0 Å². The van der Waals surface area contributed by atoms with E-state index in [0.717, 1.165) is 17.5 Å². The van der Waals surface area contributed by atoms with Crippen molar-refractivity contribution < 1.29 is 0 Å². The molecule has 0 amide bonds. The zero-order chi connectivity index (χ0) is 14.6. The molecule has 0 saturated carbocycles. The summed E-state index contributed by atoms with van der Waals surface area (Å²) in [6.45, 7) is 10.7. The number of benzene rings is 1. The monoisotopic (exact) mass is 254 g/mol. The second kappa shape index (κ2) is 5.89. The van der Waals surface area contributed by atoms with Crippen molar-refractivity contribution in [2.45, 2.75) is 52.9 Å². The third-order valence-corrected chi connectivity index (χ3v) is 3.17. The maximum atomic E-state index is 9.31. The average Bonchev–Trinajstić information content (AvgIpc) is 2.29. The summed E-state index contributed by atoms with van der Waals surface area (Å²) in [6.07, 6.45) is 1.33. The van der Waals surface area contributed by atoms with Crippen molar-refractivity contribution in [1.29, 1.82) is 10.5 Å². The Balaban J connectivity index is 3.44. The molecule has 0 aliphatic carbocycles. The first-order valence-electron chi connectivity index (χ1n) is 6.73. The van der Waals surface area contributed by atoms with Crippen molar-refractivity contribution in [3.63, 3.8) is 0 Å². The fourth-order valence-electron chi connectivity index (χ4n) is 2.28. The summed E-state index contributed by atoms with van der Waals surface area (Å²) < 4.78 is 0. The normalized spacial score (nSPS) is 11.2. The van der Waals surface area contributed by atoms with Crippen LogP contribution in [-0.4, -0.2) is 0 Å². The van der Waals surface area contributed by atoms with Crippen molar-refractivity contribution in [2.24, 2.45) is 5.92 Å². The van der Waals surface area contributed by atoms with Gasteiger partial charge in [-0.2, -0.15) is 10.5 Å². The maximum Gasteiger partial charge on any atom is 0.0994 e. The van der Waals surface area contributed by atoms with Crippen LogP contribution in [-0.2, 0) is 18.3 Å². The topological polar surface area (TPSA) is 47.6 Å². The molecule has 0 heterocycles. The van der Waals surface area contributed by atoms with Gasteiger partial charge in [-0.05, 0) is 40.5 Å². The second-order valence-corrected chi connectivity index (χ2v) is 6.46. The molecular weight excluding hydrogens is 232 g/mol. The lowest BCUT2D eigenvalue weighted by atomic mass is 9.80. The SMILES string of the molecule is CC(C)Cc1cc(C(C)(C)C)c(C#N)cc1CC#N. The van der Waals surface area contributed by atoms with Crippen LogP contribution in [0.4, 0.5) is 0 Å². The van der Waals surface area contributed by atoms with Crippen LogP contribution in [0.5, 0.6) is 0 Å². The largest absolute Gasteiger partial charge is 0.198 e. The van der Waals surface area contributed by atoms with Crippen molar-refractivity contribution in [2.75, 3.05) is 0 Å². The van der Waals surface area contributed by atoms with Gasteiger partial charge in [0, 0.05) is 0 Å². The molecule has 0 atom stereocenters. The van der Waals surface area contributed by atoms with E-state index in [-0.39, 0.29) is 5.41 Å². The molecule has 19 heavy (non-hydrogen) atoms. The fourth-order valence-corrected chi connectivity index (χ4v) is 2.28. The van der Waals surface area contributed by atoms with Gasteiger partial charge in [0.05, 0.1) is 24.1 Å². The van der Waals surface area contributed by atoms with Crippen LogP contribution in [0.3, 0.4) is 0 Å². The summed E-state index contributed by atoms with van der Waals surface area (Å²) in [4.78, 5) is 0. The Kier molecular flexibility index (Phi) is 4.73. The van der Waals surface area contributed by atoms with Crippen molar-refractivity contribution in [3.05, 3.63) is 34.4 Å². The first-order chi connectivity index (χ1) is 8.79. The molecule has 0 bridgehead atoms. The Bertz CT molecular complexity index is 534. The van der Waals surface area contributed by atoms with E-state index < -0.39 is 0 Å². The van der Waals surface area contributed by atoms with E-state index in [9.17, 15) is 5.26 Å². The Morgan fingerprint density at radius 3 is 2.16 bits per heavy atom. The Hall–Kier alpha value is -1.80. The van der Waals surface area contributed by atoms with Crippen LogP contribution >= 0.6 is 0 Å². The Morgan fingerprint density at radius 2 is 1.74 bits per heavy atom. The summed E-state index contributed by atoms with van der Waals surface area (Å²) in [5, 5.41) is 18.3. The summed E-state index contributed by atoms with van der Waals surface area (Å²) in [7, 11) is 0. The summed E-state index contributed by atoms with van der Waals surface area (Å²) in [6, 6.07) is 8.50. The number of rotatable bonds is 3. The van der Waals surface area contributed by atoms with Gasteiger partial charge < -0.3 is 0 Å². The van der Waals surface area contributed by atoms with E-state index in [0.29, 0.717) is 17.9 Å². The smallest absolute Gasteiger partial charge is 0.0994 e. The molecular formula is C17H22N2. The molecule has 0 unspecified atom stereocenters. The minimum Gasteiger partial charge on any atom is -0.198 e. The highest BCUT2D eigenvalue weighted by Crippen LogP contribution is 2.29. The van der Waals surface area contributed by atoms with Gasteiger partial charge in [0.15, 0.2) is 0 Å². The lowest BCUT2D eigenvalue weighted by molar-refractivity contribution is 0.583. The van der Waals surface area contributed by atoms with Crippen molar-refractivity contribution >= 4 is 0 Å². The van der Waals surface area contributed by atoms with Gasteiger partial charge in [-0.15, -0.1) is 0 Å². The van der Waals surface area contributed by atoms with Crippen LogP contribution in [0.1, 0.15) is 56.9 Å². The molecule has 2 nitrogen and oxygen atoms in total. The second-order valence-electron chi connectivity index (χ2n) is 6.46. The highest BCUT2D eigenvalue weighted by Gasteiger charge is 2.20. The van der Waals surface area contributed by atoms with Crippen molar-refractivity contribution in [1.82, 2.24) is 0 Å². The molecule has 0 fully saturated rings. The molecule has 1 rings (SSSR count). The van der Waals surface area contributed by atoms with E-state index in [2.05, 4.69) is 52.8 Å². The van der Waals surface area contributed by atoms with E-state index in [4.69, 9.17) is 5.26 Å². The predicted octanol–water partition coefficient (Wildman–Crippen LogP) is 4.12. The molecule has 0 saturated heterocycles. The number of nitriles is 2. The first-order valence-corrected chi connectivity index (χ1v) is 6.73. The van der Waals surface area contributed by atoms with E-state index in [1.165, 1.54) is 5.56 Å². The van der Waals surface area contributed by atoms with Gasteiger partial charge in [-0.25, -0.2) is 0 Å². The third kappa shape index (κ3) is 3.83. The molecule has 0 aliphatic heterocycles. The molecule has 0 aromatic heterocycles. The molecule has 100 valence electrons. The van der Waals surface area contributed by atoms with Gasteiger partial charge in [0.25, 0.3) is 0 Å². The highest BCUT2D eigenvalue weighted by molar-refractivity contribution is 5.48. The highest BCUT2D eigenvalue weighted by atomic mass is 14.3. The third-order valence-electron chi connectivity index (χ3n) is 3.17. The lowest BCUT2D eigenvalue weighted by Gasteiger charge is -2.23. The van der Waals surface area contributed by atoms with Crippen LogP contribution < -0.4 is 0 Å². The van der Waals surface area contributed by atoms with Gasteiger partial charge in [-0.1, -0.05) is 40.7 Å². The Morgan fingerprint density at radius 1 is 1.11 bits per heavy atom. The lowest BCUT2D eigenvalue weighted by Crippen LogP contribution is -2.15. The average molecular weight is 254 g/mol. The van der Waals surface area contributed by atoms with E-state index in [1.807, 2.05) is 6.07 Å². The molecule has 0 aliphatic rings. The molecule has 1 aromatic rings. The minimum atomic E-state index is -0.0536. The van der Waals surface area contributed by atoms with Gasteiger partial charge in [0.1, 0.15) is 0 Å². The fraction of sp³-hybridized carbons (Fsp3) is 0.529. The first kappa shape index (κ1) is 15.3. The predicted molar refractivity (Wildman–Crippen MR) is 77.7 cm³/mol. The van der Waals surface area contributed by atoms with Crippen LogP contribution in [0, 0.1) is 28.6 Å². The quantitative estimate of drug-likeness (QED) is 0.814. The summed E-state index contributed by atoms with van der Waals surface area (Å²) >= 11 is 0. The number of nitrogens with zero attached hydrogens (tertiary/aromatic N) is 2. The number of hydrogen-bond donors (Lipinski definition) is 0. The van der Waals surface area contributed by atoms with Crippen molar-refractivity contribution in [3.8, 4) is 12.1 Å². The zero-order valence-electron chi connectivity index (χ0n) is 12.5. The van der Waals surface area contributed by atoms with Crippen LogP contribution in [0.15, 0.2) is 12.1 Å². The van der Waals surface area contributed by atoms with Crippen LogP contribution in [0.25, 0.3) is 0 Å². The van der Waals surface area contributed by atoms with E-state index in [1.54, 1.807) is 0 Å². The van der Waals surface area contributed by atoms with Gasteiger partial charge in [0.2, 0.25) is 0 Å². The maximum absolute atomic E-state index is 9.31. The molecule has 0 N–H and O–H groups in total. The molecule has 0 spiro atoms. The van der Waals surface area contributed by atoms with Gasteiger partial charge in [-0.3, -0.25) is 0 Å². The molecule has 1 aromatic carbocycles. The number of hydrogen-bond acceptors (Lipinski definition) is 2. The van der Waals surface area contributed by atoms with Crippen LogP contribution in [0.2, 0.25) is 0 Å². The summed E-state index contributed by atoms with van der Waals surface area (Å²) in [5.41, 5.74) is 3.93. The van der Waals surface area contributed by atoms with Gasteiger partial charge >= 0.3 is 0 Å².